The van der Waals surface area contributed by atoms with Crippen LogP contribution in [0.2, 0.25) is 5.15 Å². The molecule has 0 unspecified atom stereocenters. The number of nitrogens with one attached hydrogen (secondary N) is 1. The fourth-order valence-corrected chi connectivity index (χ4v) is 2.25. The molecular formula is C14H11ClN2O. The second-order valence-corrected chi connectivity index (χ2v) is 4.63. The fraction of sp³-hybridized carbons (Fsp3) is 0.0714. The first-order valence-electron chi connectivity index (χ1n) is 5.58. The normalized spacial score (nSPS) is 11.0. The van der Waals surface area contributed by atoms with Crippen molar-refractivity contribution >= 4 is 22.5 Å². The van der Waals surface area contributed by atoms with E-state index < -0.39 is 0 Å². The molecule has 0 amide bonds. The number of aromatic nitrogens is 2. The Labute approximate surface area is 109 Å². The minimum absolute atomic E-state index is 0.114. The number of hydrogen-bond acceptors (Lipinski definition) is 2. The molecule has 0 saturated heterocycles. The lowest BCUT2D eigenvalue weighted by atomic mass is 10.1. The number of pyridine rings is 1. The van der Waals surface area contributed by atoms with Gasteiger partial charge in [0.1, 0.15) is 10.9 Å². The molecule has 0 fully saturated rings. The van der Waals surface area contributed by atoms with Gasteiger partial charge in [0, 0.05) is 16.5 Å². The van der Waals surface area contributed by atoms with Crippen LogP contribution < -0.4 is 0 Å². The van der Waals surface area contributed by atoms with Gasteiger partial charge in [-0.3, -0.25) is 0 Å². The summed E-state index contributed by atoms with van der Waals surface area (Å²) in [5.41, 5.74) is 3.72. The first-order valence-corrected chi connectivity index (χ1v) is 5.96. The number of H-pyrrole nitrogens is 1. The molecule has 90 valence electrons. The molecule has 0 saturated carbocycles. The molecule has 0 bridgehead atoms. The zero-order valence-corrected chi connectivity index (χ0v) is 10.5. The van der Waals surface area contributed by atoms with Crippen LogP contribution in [-0.4, -0.2) is 15.1 Å². The van der Waals surface area contributed by atoms with Crippen molar-refractivity contribution in [3.05, 3.63) is 47.2 Å². The Kier molecular flexibility index (Phi) is 2.49. The van der Waals surface area contributed by atoms with E-state index in [9.17, 15) is 5.11 Å². The molecule has 2 N–H and O–H groups in total. The van der Waals surface area contributed by atoms with Crippen molar-refractivity contribution in [2.75, 3.05) is 0 Å². The SMILES string of the molecule is Cc1cccc2[nH]c(-c3cc(Cl)ncc3O)cc12. The number of rotatable bonds is 1. The summed E-state index contributed by atoms with van der Waals surface area (Å²) in [5.74, 6) is 0.114. The van der Waals surface area contributed by atoms with E-state index in [2.05, 4.69) is 23.0 Å². The van der Waals surface area contributed by atoms with Gasteiger partial charge >= 0.3 is 0 Å². The van der Waals surface area contributed by atoms with Gasteiger partial charge in [-0.1, -0.05) is 23.7 Å². The van der Waals surface area contributed by atoms with E-state index in [1.807, 2.05) is 18.2 Å². The minimum atomic E-state index is 0.114. The predicted octanol–water partition coefficient (Wildman–Crippen LogP) is 3.90. The fourth-order valence-electron chi connectivity index (χ4n) is 2.09. The summed E-state index contributed by atoms with van der Waals surface area (Å²) in [6.45, 7) is 2.05. The molecule has 3 rings (SSSR count). The average molecular weight is 259 g/mol. The number of aromatic hydroxyl groups is 1. The number of halogens is 1. The highest BCUT2D eigenvalue weighted by Crippen LogP contribution is 2.32. The summed E-state index contributed by atoms with van der Waals surface area (Å²) in [6.07, 6.45) is 1.36. The van der Waals surface area contributed by atoms with Gasteiger partial charge < -0.3 is 10.1 Å². The first kappa shape index (κ1) is 11.1. The molecule has 1 aromatic carbocycles. The largest absolute Gasteiger partial charge is 0.506 e. The maximum Gasteiger partial charge on any atom is 0.143 e. The maximum absolute atomic E-state index is 9.84. The van der Waals surface area contributed by atoms with E-state index in [0.29, 0.717) is 10.7 Å². The maximum atomic E-state index is 9.84. The Morgan fingerprint density at radius 1 is 1.28 bits per heavy atom. The van der Waals surface area contributed by atoms with Crippen LogP contribution in [-0.2, 0) is 0 Å². The molecule has 18 heavy (non-hydrogen) atoms. The van der Waals surface area contributed by atoms with Crippen molar-refractivity contribution in [2.45, 2.75) is 6.92 Å². The van der Waals surface area contributed by atoms with Gasteiger partial charge in [0.25, 0.3) is 0 Å². The van der Waals surface area contributed by atoms with E-state index in [1.54, 1.807) is 6.07 Å². The first-order chi connectivity index (χ1) is 8.65. The third-order valence-electron chi connectivity index (χ3n) is 3.02. The Bertz CT molecular complexity index is 734. The lowest BCUT2D eigenvalue weighted by molar-refractivity contribution is 0.474. The molecule has 0 radical (unpaired) electrons. The number of hydrogen-bond donors (Lipinski definition) is 2. The standard InChI is InChI=1S/C14H11ClN2O/c1-8-3-2-4-11-9(8)5-12(17-11)10-6-14(15)16-7-13(10)18/h2-7,17-18H,1H3. The van der Waals surface area contributed by atoms with Crippen LogP contribution in [0.15, 0.2) is 36.5 Å². The number of fused-ring (bicyclic) bond motifs is 1. The highest BCUT2D eigenvalue weighted by atomic mass is 35.5. The molecule has 3 aromatic rings. The molecule has 3 nitrogen and oxygen atoms in total. The van der Waals surface area contributed by atoms with Gasteiger partial charge in [0.15, 0.2) is 0 Å². The molecule has 2 aromatic heterocycles. The van der Waals surface area contributed by atoms with Crippen LogP contribution in [0.25, 0.3) is 22.2 Å². The summed E-state index contributed by atoms with van der Waals surface area (Å²) in [4.78, 5) is 7.11. The zero-order valence-electron chi connectivity index (χ0n) is 9.74. The Balaban J connectivity index is 2.26. The van der Waals surface area contributed by atoms with Crippen molar-refractivity contribution in [3.63, 3.8) is 0 Å². The highest BCUT2D eigenvalue weighted by Gasteiger charge is 2.10. The van der Waals surface area contributed by atoms with Crippen LogP contribution in [0.1, 0.15) is 5.56 Å². The summed E-state index contributed by atoms with van der Waals surface area (Å²) < 4.78 is 0. The Hall–Kier alpha value is -2.00. The van der Waals surface area contributed by atoms with Crippen LogP contribution in [0, 0.1) is 6.92 Å². The van der Waals surface area contributed by atoms with Gasteiger partial charge in [-0.25, -0.2) is 4.98 Å². The van der Waals surface area contributed by atoms with Crippen molar-refractivity contribution in [2.24, 2.45) is 0 Å². The van der Waals surface area contributed by atoms with E-state index in [-0.39, 0.29) is 5.75 Å². The van der Waals surface area contributed by atoms with Gasteiger partial charge in [0.2, 0.25) is 0 Å². The van der Waals surface area contributed by atoms with Gasteiger partial charge in [-0.2, -0.15) is 0 Å². The van der Waals surface area contributed by atoms with Gasteiger partial charge in [-0.05, 0) is 30.7 Å². The molecule has 0 aliphatic heterocycles. The third kappa shape index (κ3) is 1.73. The summed E-state index contributed by atoms with van der Waals surface area (Å²) in [7, 11) is 0. The summed E-state index contributed by atoms with van der Waals surface area (Å²) in [5, 5.41) is 11.3. The summed E-state index contributed by atoms with van der Waals surface area (Å²) in [6, 6.07) is 9.72. The third-order valence-corrected chi connectivity index (χ3v) is 3.23. The van der Waals surface area contributed by atoms with E-state index >= 15 is 0 Å². The number of benzene rings is 1. The number of nitrogens with zero attached hydrogens (tertiary/aromatic N) is 1. The second kappa shape index (κ2) is 4.03. The molecular weight excluding hydrogens is 248 g/mol. The molecule has 0 aliphatic carbocycles. The monoisotopic (exact) mass is 258 g/mol. The van der Waals surface area contributed by atoms with E-state index in [1.165, 1.54) is 11.8 Å². The van der Waals surface area contributed by atoms with Crippen molar-refractivity contribution < 1.29 is 5.11 Å². The molecule has 0 aliphatic rings. The van der Waals surface area contributed by atoms with Crippen LogP contribution >= 0.6 is 11.6 Å². The zero-order chi connectivity index (χ0) is 12.7. The van der Waals surface area contributed by atoms with Crippen molar-refractivity contribution in [1.29, 1.82) is 0 Å². The minimum Gasteiger partial charge on any atom is -0.506 e. The Morgan fingerprint density at radius 2 is 2.11 bits per heavy atom. The Morgan fingerprint density at radius 3 is 2.89 bits per heavy atom. The predicted molar refractivity (Wildman–Crippen MR) is 72.9 cm³/mol. The lowest BCUT2D eigenvalue weighted by Gasteiger charge is -2.01. The second-order valence-electron chi connectivity index (χ2n) is 4.24. The van der Waals surface area contributed by atoms with E-state index in [4.69, 9.17) is 11.6 Å². The summed E-state index contributed by atoms with van der Waals surface area (Å²) >= 11 is 5.86. The van der Waals surface area contributed by atoms with Gasteiger partial charge in [-0.15, -0.1) is 0 Å². The van der Waals surface area contributed by atoms with Crippen molar-refractivity contribution in [1.82, 2.24) is 9.97 Å². The quantitative estimate of drug-likeness (QED) is 0.651. The number of aryl methyl sites for hydroxylation is 1. The van der Waals surface area contributed by atoms with Crippen LogP contribution in [0.4, 0.5) is 0 Å². The molecule has 0 atom stereocenters. The van der Waals surface area contributed by atoms with Crippen molar-refractivity contribution in [3.8, 4) is 17.0 Å². The lowest BCUT2D eigenvalue weighted by Crippen LogP contribution is -1.81. The molecule has 0 spiro atoms. The highest BCUT2D eigenvalue weighted by molar-refractivity contribution is 6.29. The molecule has 2 heterocycles. The smallest absolute Gasteiger partial charge is 0.143 e. The number of aromatic amines is 1. The van der Waals surface area contributed by atoms with Crippen LogP contribution in [0.3, 0.4) is 0 Å². The van der Waals surface area contributed by atoms with Gasteiger partial charge in [0.05, 0.1) is 11.9 Å². The molecule has 4 heteroatoms. The van der Waals surface area contributed by atoms with E-state index in [0.717, 1.165) is 16.6 Å². The van der Waals surface area contributed by atoms with Crippen LogP contribution in [0.5, 0.6) is 5.75 Å². The average Bonchev–Trinajstić information content (AvgIpc) is 2.77. The topological polar surface area (TPSA) is 48.9 Å².